The topological polar surface area (TPSA) is 47.3 Å². The van der Waals surface area contributed by atoms with Crippen LogP contribution < -0.4 is 11.1 Å². The van der Waals surface area contributed by atoms with Crippen LogP contribution in [0.1, 0.15) is 46.0 Å². The summed E-state index contributed by atoms with van der Waals surface area (Å²) >= 11 is 0. The molecule has 0 radical (unpaired) electrons. The molecule has 1 rings (SSSR count). The Hall–Kier alpha value is -0.120. The second-order valence-corrected chi connectivity index (χ2v) is 5.57. The van der Waals surface area contributed by atoms with Crippen LogP contribution in [0, 0.1) is 11.8 Å². The smallest absolute Gasteiger partial charge is 0.0594 e. The van der Waals surface area contributed by atoms with Gasteiger partial charge in [0.25, 0.3) is 0 Å². The Kier molecular flexibility index (Phi) is 7.82. The van der Waals surface area contributed by atoms with Crippen molar-refractivity contribution in [3.05, 3.63) is 0 Å². The maximum absolute atomic E-state index is 5.87. The van der Waals surface area contributed by atoms with E-state index in [0.29, 0.717) is 17.9 Å². The zero-order chi connectivity index (χ0) is 12.5. The molecule has 0 saturated heterocycles. The van der Waals surface area contributed by atoms with Crippen LogP contribution >= 0.6 is 0 Å². The van der Waals surface area contributed by atoms with Gasteiger partial charge in [-0.05, 0) is 37.8 Å². The summed E-state index contributed by atoms with van der Waals surface area (Å²) in [4.78, 5) is 0. The first-order valence-electron chi connectivity index (χ1n) is 7.26. The third kappa shape index (κ3) is 6.39. The Labute approximate surface area is 106 Å². The lowest BCUT2D eigenvalue weighted by atomic mass is 9.96. The molecule has 102 valence electrons. The highest BCUT2D eigenvalue weighted by atomic mass is 16.5. The summed E-state index contributed by atoms with van der Waals surface area (Å²) in [6.45, 7) is 8.06. The van der Waals surface area contributed by atoms with Gasteiger partial charge in [-0.3, -0.25) is 0 Å². The molecule has 0 aliphatic heterocycles. The molecule has 1 unspecified atom stereocenters. The monoisotopic (exact) mass is 242 g/mol. The Balaban J connectivity index is 1.96. The minimum atomic E-state index is 0.529. The van der Waals surface area contributed by atoms with Gasteiger partial charge in [-0.2, -0.15) is 0 Å². The lowest BCUT2D eigenvalue weighted by molar-refractivity contribution is 0.0299. The normalized spacial score (nSPS) is 19.8. The van der Waals surface area contributed by atoms with Gasteiger partial charge in [-0.15, -0.1) is 0 Å². The molecule has 3 heteroatoms. The number of ether oxygens (including phenoxy) is 1. The Morgan fingerprint density at radius 1 is 1.24 bits per heavy atom. The third-order valence-electron chi connectivity index (χ3n) is 3.84. The molecule has 0 spiro atoms. The summed E-state index contributed by atoms with van der Waals surface area (Å²) in [6.07, 6.45) is 7.14. The highest BCUT2D eigenvalue weighted by molar-refractivity contribution is 4.67. The Morgan fingerprint density at radius 3 is 2.53 bits per heavy atom. The second-order valence-electron chi connectivity index (χ2n) is 5.57. The predicted molar refractivity (Wildman–Crippen MR) is 73.1 cm³/mol. The van der Waals surface area contributed by atoms with E-state index in [0.717, 1.165) is 26.2 Å². The van der Waals surface area contributed by atoms with Crippen molar-refractivity contribution < 1.29 is 4.74 Å². The van der Waals surface area contributed by atoms with Crippen LogP contribution in [0.25, 0.3) is 0 Å². The molecule has 0 aromatic heterocycles. The maximum Gasteiger partial charge on any atom is 0.0594 e. The van der Waals surface area contributed by atoms with E-state index >= 15 is 0 Å². The standard InChI is InChI=1S/C14H30N2O/c1-12(2)13(10-15)11-16-8-9-17-14-6-4-3-5-7-14/h12-14,16H,3-11,15H2,1-2H3. The fraction of sp³-hybridized carbons (Fsp3) is 1.00. The fourth-order valence-corrected chi connectivity index (χ4v) is 2.41. The van der Waals surface area contributed by atoms with Gasteiger partial charge in [0.15, 0.2) is 0 Å². The molecule has 1 saturated carbocycles. The minimum absolute atomic E-state index is 0.529. The molecule has 17 heavy (non-hydrogen) atoms. The predicted octanol–water partition coefficient (Wildman–Crippen LogP) is 2.16. The molecule has 0 aromatic rings. The Bertz CT molecular complexity index is 179. The van der Waals surface area contributed by atoms with Gasteiger partial charge in [0, 0.05) is 6.54 Å². The summed E-state index contributed by atoms with van der Waals surface area (Å²) in [5.74, 6) is 1.25. The maximum atomic E-state index is 5.87. The summed E-state index contributed by atoms with van der Waals surface area (Å²) in [6, 6.07) is 0. The molecular formula is C14H30N2O. The number of rotatable bonds is 8. The second kappa shape index (κ2) is 8.90. The molecule has 3 nitrogen and oxygen atoms in total. The van der Waals surface area contributed by atoms with Crippen LogP contribution in [-0.2, 0) is 4.74 Å². The first-order valence-corrected chi connectivity index (χ1v) is 7.26. The van der Waals surface area contributed by atoms with Gasteiger partial charge in [-0.1, -0.05) is 33.1 Å². The van der Waals surface area contributed by atoms with Gasteiger partial charge in [0.1, 0.15) is 0 Å². The van der Waals surface area contributed by atoms with Gasteiger partial charge in [0.2, 0.25) is 0 Å². The van der Waals surface area contributed by atoms with Crippen LogP contribution in [0.4, 0.5) is 0 Å². The number of hydrogen-bond donors (Lipinski definition) is 2. The average Bonchev–Trinajstić information content (AvgIpc) is 2.34. The molecule has 1 fully saturated rings. The molecule has 0 heterocycles. The number of nitrogens with two attached hydrogens (primary N) is 1. The van der Waals surface area contributed by atoms with E-state index in [1.807, 2.05) is 0 Å². The molecule has 0 bridgehead atoms. The van der Waals surface area contributed by atoms with Crippen molar-refractivity contribution >= 4 is 0 Å². The van der Waals surface area contributed by atoms with Crippen molar-refractivity contribution in [1.29, 1.82) is 0 Å². The van der Waals surface area contributed by atoms with E-state index in [2.05, 4.69) is 19.2 Å². The molecule has 1 aliphatic carbocycles. The van der Waals surface area contributed by atoms with E-state index < -0.39 is 0 Å². The zero-order valence-corrected chi connectivity index (χ0v) is 11.6. The van der Waals surface area contributed by atoms with Crippen LogP contribution in [0.2, 0.25) is 0 Å². The van der Waals surface area contributed by atoms with E-state index in [1.165, 1.54) is 32.1 Å². The quantitative estimate of drug-likeness (QED) is 0.641. The Morgan fingerprint density at radius 2 is 1.94 bits per heavy atom. The van der Waals surface area contributed by atoms with Gasteiger partial charge in [-0.25, -0.2) is 0 Å². The van der Waals surface area contributed by atoms with Crippen LogP contribution in [-0.4, -0.2) is 32.3 Å². The van der Waals surface area contributed by atoms with Gasteiger partial charge in [0.05, 0.1) is 12.7 Å². The number of hydrogen-bond acceptors (Lipinski definition) is 3. The molecule has 1 aliphatic rings. The molecule has 0 amide bonds. The van der Waals surface area contributed by atoms with Crippen LogP contribution in [0.3, 0.4) is 0 Å². The van der Waals surface area contributed by atoms with Gasteiger partial charge >= 0.3 is 0 Å². The van der Waals surface area contributed by atoms with Crippen molar-refractivity contribution in [2.75, 3.05) is 26.2 Å². The highest BCUT2D eigenvalue weighted by Crippen LogP contribution is 2.19. The van der Waals surface area contributed by atoms with E-state index in [1.54, 1.807) is 0 Å². The van der Waals surface area contributed by atoms with Crippen molar-refractivity contribution in [1.82, 2.24) is 5.32 Å². The van der Waals surface area contributed by atoms with E-state index in [4.69, 9.17) is 10.5 Å². The summed E-state index contributed by atoms with van der Waals surface area (Å²) in [5.41, 5.74) is 5.73. The van der Waals surface area contributed by atoms with Crippen LogP contribution in [0.5, 0.6) is 0 Å². The minimum Gasteiger partial charge on any atom is -0.377 e. The van der Waals surface area contributed by atoms with Crippen molar-refractivity contribution in [3.63, 3.8) is 0 Å². The fourth-order valence-electron chi connectivity index (χ4n) is 2.41. The van der Waals surface area contributed by atoms with E-state index in [9.17, 15) is 0 Å². The van der Waals surface area contributed by atoms with Gasteiger partial charge < -0.3 is 15.8 Å². The van der Waals surface area contributed by atoms with E-state index in [-0.39, 0.29) is 0 Å². The zero-order valence-electron chi connectivity index (χ0n) is 11.6. The lowest BCUT2D eigenvalue weighted by Gasteiger charge is -2.23. The third-order valence-corrected chi connectivity index (χ3v) is 3.84. The SMILES string of the molecule is CC(C)C(CN)CNCCOC1CCCCC1. The van der Waals surface area contributed by atoms with Crippen molar-refractivity contribution in [3.8, 4) is 0 Å². The average molecular weight is 242 g/mol. The molecule has 1 atom stereocenters. The molecule has 0 aromatic carbocycles. The molecule has 3 N–H and O–H groups in total. The first kappa shape index (κ1) is 14.9. The largest absolute Gasteiger partial charge is 0.377 e. The highest BCUT2D eigenvalue weighted by Gasteiger charge is 2.13. The summed E-state index contributed by atoms with van der Waals surface area (Å²) in [5, 5.41) is 3.45. The molecular weight excluding hydrogens is 212 g/mol. The summed E-state index contributed by atoms with van der Waals surface area (Å²) in [7, 11) is 0. The van der Waals surface area contributed by atoms with Crippen molar-refractivity contribution in [2.24, 2.45) is 17.6 Å². The number of nitrogens with one attached hydrogen (secondary N) is 1. The van der Waals surface area contributed by atoms with Crippen molar-refractivity contribution in [2.45, 2.75) is 52.1 Å². The first-order chi connectivity index (χ1) is 8.24. The summed E-state index contributed by atoms with van der Waals surface area (Å²) < 4.78 is 5.87. The van der Waals surface area contributed by atoms with Crippen LogP contribution in [0.15, 0.2) is 0 Å². The lowest BCUT2D eigenvalue weighted by Crippen LogP contribution is -2.34.